The molecule has 18 heavy (non-hydrogen) atoms. The summed E-state index contributed by atoms with van der Waals surface area (Å²) in [4.78, 5) is 12.3. The van der Waals surface area contributed by atoms with E-state index in [-0.39, 0.29) is 5.91 Å². The Bertz CT molecular complexity index is 535. The van der Waals surface area contributed by atoms with Gasteiger partial charge in [0, 0.05) is 29.7 Å². The monoisotopic (exact) mass is 260 g/mol. The normalized spacial score (nSPS) is 10.1. The molecule has 1 aromatic carbocycles. The predicted molar refractivity (Wildman–Crippen MR) is 77.1 cm³/mol. The van der Waals surface area contributed by atoms with E-state index in [9.17, 15) is 4.79 Å². The Labute approximate surface area is 111 Å². The molecule has 0 spiro atoms. The number of carbonyl (C=O) groups excluding carboxylic acids is 1. The lowest BCUT2D eigenvalue weighted by Crippen LogP contribution is -2.07. The molecule has 3 nitrogen and oxygen atoms in total. The molecule has 2 aromatic rings. The Morgan fingerprint density at radius 1 is 1.33 bits per heavy atom. The largest absolute Gasteiger partial charge is 0.380 e. The predicted octanol–water partition coefficient (Wildman–Crippen LogP) is 3.63. The molecule has 0 unspecified atom stereocenters. The summed E-state index contributed by atoms with van der Waals surface area (Å²) >= 11 is 1.73. The van der Waals surface area contributed by atoms with Gasteiger partial charge in [-0.1, -0.05) is 12.1 Å². The minimum absolute atomic E-state index is 0.0527. The van der Waals surface area contributed by atoms with Crippen LogP contribution in [0.25, 0.3) is 0 Å². The van der Waals surface area contributed by atoms with Crippen molar-refractivity contribution in [2.24, 2.45) is 0 Å². The fourth-order valence-electron chi connectivity index (χ4n) is 1.69. The highest BCUT2D eigenvalue weighted by Crippen LogP contribution is 2.21. The van der Waals surface area contributed by atoms with E-state index in [1.54, 1.807) is 11.3 Å². The van der Waals surface area contributed by atoms with Crippen LogP contribution in [-0.4, -0.2) is 5.91 Å². The van der Waals surface area contributed by atoms with E-state index in [1.807, 2.05) is 31.2 Å². The van der Waals surface area contributed by atoms with Gasteiger partial charge in [-0.05, 0) is 36.1 Å². The minimum atomic E-state index is -0.0527. The fraction of sp³-hybridized carbons (Fsp3) is 0.214. The Morgan fingerprint density at radius 3 is 2.83 bits per heavy atom. The Hall–Kier alpha value is -1.81. The van der Waals surface area contributed by atoms with Crippen LogP contribution in [0.3, 0.4) is 0 Å². The van der Waals surface area contributed by atoms with E-state index in [4.69, 9.17) is 0 Å². The molecule has 1 heterocycles. The first kappa shape index (κ1) is 12.6. The molecular weight excluding hydrogens is 244 g/mol. The highest BCUT2D eigenvalue weighted by molar-refractivity contribution is 7.09. The number of anilines is 2. The average Bonchev–Trinajstić information content (AvgIpc) is 2.82. The van der Waals surface area contributed by atoms with Crippen molar-refractivity contribution in [1.29, 1.82) is 0 Å². The topological polar surface area (TPSA) is 41.1 Å². The second-order valence-corrected chi connectivity index (χ2v) is 5.18. The van der Waals surface area contributed by atoms with E-state index in [0.717, 1.165) is 17.9 Å². The van der Waals surface area contributed by atoms with E-state index in [1.165, 1.54) is 17.4 Å². The summed E-state index contributed by atoms with van der Waals surface area (Å²) in [7, 11) is 0. The van der Waals surface area contributed by atoms with E-state index in [2.05, 4.69) is 22.1 Å². The van der Waals surface area contributed by atoms with Crippen molar-refractivity contribution in [3.63, 3.8) is 0 Å². The standard InChI is InChI=1S/C14H16N2OS/c1-10-5-6-12(16-11(2)17)8-14(10)15-9-13-4-3-7-18-13/h3-8,15H,9H2,1-2H3,(H,16,17). The zero-order chi connectivity index (χ0) is 13.0. The summed E-state index contributed by atoms with van der Waals surface area (Å²) in [5.41, 5.74) is 3.04. The third kappa shape index (κ3) is 3.34. The summed E-state index contributed by atoms with van der Waals surface area (Å²) in [6, 6.07) is 10.0. The number of amides is 1. The third-order valence-corrected chi connectivity index (χ3v) is 3.47. The van der Waals surface area contributed by atoms with Crippen LogP contribution in [0.15, 0.2) is 35.7 Å². The number of benzene rings is 1. The van der Waals surface area contributed by atoms with E-state index < -0.39 is 0 Å². The smallest absolute Gasteiger partial charge is 0.221 e. The number of thiophene rings is 1. The Balaban J connectivity index is 2.08. The molecule has 4 heteroatoms. The second-order valence-electron chi connectivity index (χ2n) is 4.14. The van der Waals surface area contributed by atoms with Crippen LogP contribution in [0.2, 0.25) is 0 Å². The average molecular weight is 260 g/mol. The molecule has 1 aromatic heterocycles. The number of aryl methyl sites for hydroxylation is 1. The van der Waals surface area contributed by atoms with Gasteiger partial charge in [0.1, 0.15) is 0 Å². The first-order chi connectivity index (χ1) is 8.65. The maximum atomic E-state index is 11.0. The van der Waals surface area contributed by atoms with Crippen LogP contribution in [0.5, 0.6) is 0 Å². The van der Waals surface area contributed by atoms with Gasteiger partial charge in [0.25, 0.3) is 0 Å². The lowest BCUT2D eigenvalue weighted by Gasteiger charge is -2.11. The van der Waals surface area contributed by atoms with E-state index >= 15 is 0 Å². The van der Waals surface area contributed by atoms with Crippen molar-refractivity contribution in [2.45, 2.75) is 20.4 Å². The van der Waals surface area contributed by atoms with Crippen LogP contribution in [0.4, 0.5) is 11.4 Å². The van der Waals surface area contributed by atoms with Gasteiger partial charge in [-0.3, -0.25) is 4.79 Å². The van der Waals surface area contributed by atoms with Crippen molar-refractivity contribution in [2.75, 3.05) is 10.6 Å². The number of nitrogens with one attached hydrogen (secondary N) is 2. The molecule has 0 saturated carbocycles. The lowest BCUT2D eigenvalue weighted by molar-refractivity contribution is -0.114. The molecule has 1 amide bonds. The van der Waals surface area contributed by atoms with Gasteiger partial charge >= 0.3 is 0 Å². The van der Waals surface area contributed by atoms with Gasteiger partial charge in [-0.15, -0.1) is 11.3 Å². The molecule has 0 aliphatic rings. The van der Waals surface area contributed by atoms with Crippen LogP contribution in [-0.2, 0) is 11.3 Å². The summed E-state index contributed by atoms with van der Waals surface area (Å²) in [5.74, 6) is -0.0527. The third-order valence-electron chi connectivity index (χ3n) is 2.59. The van der Waals surface area contributed by atoms with Gasteiger partial charge in [0.15, 0.2) is 0 Å². The molecule has 0 bridgehead atoms. The molecule has 0 aliphatic carbocycles. The van der Waals surface area contributed by atoms with Crippen LogP contribution in [0.1, 0.15) is 17.4 Å². The van der Waals surface area contributed by atoms with Crippen LogP contribution >= 0.6 is 11.3 Å². The molecule has 0 fully saturated rings. The Morgan fingerprint density at radius 2 is 2.17 bits per heavy atom. The second kappa shape index (κ2) is 5.69. The number of carbonyl (C=O) groups is 1. The van der Waals surface area contributed by atoms with Crippen molar-refractivity contribution in [3.8, 4) is 0 Å². The molecule has 94 valence electrons. The molecule has 2 N–H and O–H groups in total. The first-order valence-corrected chi connectivity index (χ1v) is 6.67. The maximum absolute atomic E-state index is 11.0. The summed E-state index contributed by atoms with van der Waals surface area (Å²) in [6.45, 7) is 4.37. The van der Waals surface area contributed by atoms with Gasteiger partial charge in [-0.25, -0.2) is 0 Å². The van der Waals surface area contributed by atoms with Gasteiger partial charge in [-0.2, -0.15) is 0 Å². The molecule has 0 aliphatic heterocycles. The number of hydrogen-bond donors (Lipinski definition) is 2. The number of rotatable bonds is 4. The van der Waals surface area contributed by atoms with E-state index in [0.29, 0.717) is 0 Å². The fourth-order valence-corrected chi connectivity index (χ4v) is 2.33. The highest BCUT2D eigenvalue weighted by Gasteiger charge is 2.02. The van der Waals surface area contributed by atoms with Crippen molar-refractivity contribution in [1.82, 2.24) is 0 Å². The summed E-state index contributed by atoms with van der Waals surface area (Å²) in [5, 5.41) is 8.24. The Kier molecular flexibility index (Phi) is 3.99. The van der Waals surface area contributed by atoms with Gasteiger partial charge in [0.2, 0.25) is 5.91 Å². The van der Waals surface area contributed by atoms with Gasteiger partial charge < -0.3 is 10.6 Å². The number of hydrogen-bond acceptors (Lipinski definition) is 3. The lowest BCUT2D eigenvalue weighted by atomic mass is 10.1. The maximum Gasteiger partial charge on any atom is 0.221 e. The molecule has 0 saturated heterocycles. The SMILES string of the molecule is CC(=O)Nc1ccc(C)c(NCc2cccs2)c1. The van der Waals surface area contributed by atoms with Crippen molar-refractivity contribution < 1.29 is 4.79 Å². The highest BCUT2D eigenvalue weighted by atomic mass is 32.1. The zero-order valence-corrected chi connectivity index (χ0v) is 11.3. The molecular formula is C14H16N2OS. The van der Waals surface area contributed by atoms with Crippen molar-refractivity contribution in [3.05, 3.63) is 46.2 Å². The van der Waals surface area contributed by atoms with Gasteiger partial charge in [0.05, 0.1) is 0 Å². The molecule has 2 rings (SSSR count). The summed E-state index contributed by atoms with van der Waals surface area (Å²) in [6.07, 6.45) is 0. The minimum Gasteiger partial charge on any atom is -0.380 e. The summed E-state index contributed by atoms with van der Waals surface area (Å²) < 4.78 is 0. The van der Waals surface area contributed by atoms with Crippen LogP contribution in [0, 0.1) is 6.92 Å². The van der Waals surface area contributed by atoms with Crippen LogP contribution < -0.4 is 10.6 Å². The molecule has 0 atom stereocenters. The molecule has 0 radical (unpaired) electrons. The zero-order valence-electron chi connectivity index (χ0n) is 10.5. The quantitative estimate of drug-likeness (QED) is 0.881. The first-order valence-electron chi connectivity index (χ1n) is 5.79. The van der Waals surface area contributed by atoms with Crippen molar-refractivity contribution >= 4 is 28.6 Å².